The lowest BCUT2D eigenvalue weighted by molar-refractivity contribution is -0.129. The molecule has 2 aromatic heterocycles. The molecule has 4 rings (SSSR count). The third-order valence-corrected chi connectivity index (χ3v) is 5.78. The van der Waals surface area contributed by atoms with Crippen molar-refractivity contribution < 1.29 is 9.53 Å². The summed E-state index contributed by atoms with van der Waals surface area (Å²) in [5, 5.41) is 2.02. The number of amides is 1. The number of likely N-dealkylation sites (N-methyl/N-ethyl adjacent to an activating group) is 1. The van der Waals surface area contributed by atoms with E-state index in [1.165, 1.54) is 5.69 Å². The monoisotopic (exact) mass is 384 g/mol. The zero-order valence-electron chi connectivity index (χ0n) is 15.7. The summed E-state index contributed by atoms with van der Waals surface area (Å²) in [6.45, 7) is 6.01. The molecule has 7 heteroatoms. The Morgan fingerprint density at radius 3 is 2.74 bits per heavy atom. The summed E-state index contributed by atoms with van der Waals surface area (Å²) in [6, 6.07) is 8.48. The first-order chi connectivity index (χ1) is 13.1. The van der Waals surface area contributed by atoms with Gasteiger partial charge in [-0.05, 0) is 24.6 Å². The molecule has 0 unspecified atom stereocenters. The number of aromatic nitrogens is 2. The number of hydrogen-bond acceptors (Lipinski definition) is 5. The van der Waals surface area contributed by atoms with Crippen LogP contribution in [0.5, 0.6) is 0 Å². The molecule has 0 aliphatic carbocycles. The number of morpholine rings is 1. The highest BCUT2D eigenvalue weighted by Crippen LogP contribution is 2.19. The quantitative estimate of drug-likeness (QED) is 0.679. The Bertz CT molecular complexity index is 925. The van der Waals surface area contributed by atoms with Gasteiger partial charge in [-0.3, -0.25) is 9.20 Å². The molecule has 3 heterocycles. The fourth-order valence-electron chi connectivity index (χ4n) is 3.35. The van der Waals surface area contributed by atoms with E-state index in [1.807, 2.05) is 29.9 Å². The number of ether oxygens (including phenoxy) is 1. The van der Waals surface area contributed by atoms with Crippen LogP contribution in [0, 0.1) is 6.92 Å². The number of hydrogen-bond donors (Lipinski definition) is 0. The fraction of sp³-hybridized carbons (Fsp3) is 0.400. The van der Waals surface area contributed by atoms with E-state index in [9.17, 15) is 4.79 Å². The van der Waals surface area contributed by atoms with Gasteiger partial charge in [0.15, 0.2) is 4.96 Å². The number of carbonyl (C=O) groups excluding carboxylic acids is 1. The molecular formula is C20H24N4O2S. The van der Waals surface area contributed by atoms with Crippen LogP contribution in [0.2, 0.25) is 0 Å². The molecule has 1 aliphatic heterocycles. The number of aryl methyl sites for hydroxylation is 1. The van der Waals surface area contributed by atoms with Crippen molar-refractivity contribution in [3.05, 3.63) is 52.8 Å². The van der Waals surface area contributed by atoms with Gasteiger partial charge in [0.25, 0.3) is 0 Å². The maximum atomic E-state index is 12.7. The number of thiazole rings is 1. The standard InChI is InChI=1S/C20H24N4O2S/c1-15-12-24-18(14-27-20(24)21-15)11-19(25)22(2)13-16-3-5-17(6-4-16)23-7-9-26-10-8-23/h3-6,12,14H,7-11,13H2,1-2H3. The minimum absolute atomic E-state index is 0.110. The highest BCUT2D eigenvalue weighted by Gasteiger charge is 2.15. The Labute approximate surface area is 163 Å². The molecule has 27 heavy (non-hydrogen) atoms. The molecular weight excluding hydrogens is 360 g/mol. The Balaban J connectivity index is 1.37. The molecule has 0 N–H and O–H groups in total. The van der Waals surface area contributed by atoms with Crippen molar-refractivity contribution in [3.63, 3.8) is 0 Å². The summed E-state index contributed by atoms with van der Waals surface area (Å²) >= 11 is 1.58. The molecule has 1 saturated heterocycles. The lowest BCUT2D eigenvalue weighted by Gasteiger charge is -2.29. The average molecular weight is 385 g/mol. The lowest BCUT2D eigenvalue weighted by Crippen LogP contribution is -2.36. The second kappa shape index (κ2) is 7.70. The van der Waals surface area contributed by atoms with Gasteiger partial charge in [0.05, 0.1) is 25.3 Å². The molecule has 1 aromatic carbocycles. The molecule has 0 atom stereocenters. The first-order valence-corrected chi connectivity index (χ1v) is 10.1. The zero-order valence-corrected chi connectivity index (χ0v) is 16.5. The van der Waals surface area contributed by atoms with Gasteiger partial charge in [-0.1, -0.05) is 12.1 Å². The van der Waals surface area contributed by atoms with Crippen molar-refractivity contribution >= 4 is 27.9 Å². The summed E-state index contributed by atoms with van der Waals surface area (Å²) in [4.78, 5) is 22.2. The first-order valence-electron chi connectivity index (χ1n) is 9.18. The van der Waals surface area contributed by atoms with Crippen molar-refractivity contribution in [2.75, 3.05) is 38.3 Å². The largest absolute Gasteiger partial charge is 0.378 e. The van der Waals surface area contributed by atoms with E-state index in [0.717, 1.165) is 48.2 Å². The second-order valence-electron chi connectivity index (χ2n) is 6.95. The summed E-state index contributed by atoms with van der Waals surface area (Å²) in [7, 11) is 1.86. The van der Waals surface area contributed by atoms with E-state index < -0.39 is 0 Å². The van der Waals surface area contributed by atoms with Crippen LogP contribution in [0.3, 0.4) is 0 Å². The maximum absolute atomic E-state index is 12.7. The van der Waals surface area contributed by atoms with Crippen LogP contribution in [0.15, 0.2) is 35.8 Å². The van der Waals surface area contributed by atoms with Crippen LogP contribution in [-0.4, -0.2) is 53.5 Å². The number of fused-ring (bicyclic) bond motifs is 1. The van der Waals surface area contributed by atoms with Crippen LogP contribution >= 0.6 is 11.3 Å². The first kappa shape index (κ1) is 18.0. The summed E-state index contributed by atoms with van der Waals surface area (Å²) in [5.41, 5.74) is 4.32. The highest BCUT2D eigenvalue weighted by molar-refractivity contribution is 7.15. The molecule has 3 aromatic rings. The Morgan fingerprint density at radius 2 is 2.00 bits per heavy atom. The number of rotatable bonds is 5. The van der Waals surface area contributed by atoms with E-state index in [4.69, 9.17) is 4.74 Å². The van der Waals surface area contributed by atoms with Crippen molar-refractivity contribution in [1.29, 1.82) is 0 Å². The molecule has 0 bridgehead atoms. The summed E-state index contributed by atoms with van der Waals surface area (Å²) in [5.74, 6) is 0.110. The summed E-state index contributed by atoms with van der Waals surface area (Å²) < 4.78 is 7.42. The van der Waals surface area contributed by atoms with Crippen molar-refractivity contribution in [3.8, 4) is 0 Å². The average Bonchev–Trinajstić information content (AvgIpc) is 3.23. The normalized spacial score (nSPS) is 14.7. The molecule has 0 spiro atoms. The molecule has 142 valence electrons. The van der Waals surface area contributed by atoms with Crippen molar-refractivity contribution in [2.45, 2.75) is 19.9 Å². The van der Waals surface area contributed by atoms with Gasteiger partial charge in [0.1, 0.15) is 0 Å². The number of carbonyl (C=O) groups is 1. The van der Waals surface area contributed by atoms with Crippen LogP contribution < -0.4 is 4.90 Å². The smallest absolute Gasteiger partial charge is 0.228 e. The van der Waals surface area contributed by atoms with E-state index in [1.54, 1.807) is 16.2 Å². The van der Waals surface area contributed by atoms with Crippen molar-refractivity contribution in [2.24, 2.45) is 0 Å². The predicted octanol–water partition coefficient (Wildman–Crippen LogP) is 2.74. The molecule has 1 aliphatic rings. The minimum atomic E-state index is 0.110. The van der Waals surface area contributed by atoms with E-state index in [-0.39, 0.29) is 5.91 Å². The third-order valence-electron chi connectivity index (χ3n) is 4.89. The number of anilines is 1. The van der Waals surface area contributed by atoms with Crippen LogP contribution in [-0.2, 0) is 22.5 Å². The van der Waals surface area contributed by atoms with Gasteiger partial charge in [-0.25, -0.2) is 4.98 Å². The van der Waals surface area contributed by atoms with Gasteiger partial charge < -0.3 is 14.5 Å². The van der Waals surface area contributed by atoms with Crippen LogP contribution in [0.25, 0.3) is 4.96 Å². The van der Waals surface area contributed by atoms with Crippen LogP contribution in [0.4, 0.5) is 5.69 Å². The summed E-state index contributed by atoms with van der Waals surface area (Å²) in [6.07, 6.45) is 2.37. The van der Waals surface area contributed by atoms with Gasteiger partial charge in [-0.15, -0.1) is 11.3 Å². The van der Waals surface area contributed by atoms with Gasteiger partial charge in [0.2, 0.25) is 5.91 Å². The Morgan fingerprint density at radius 1 is 1.26 bits per heavy atom. The van der Waals surface area contributed by atoms with Gasteiger partial charge in [0, 0.05) is 49.6 Å². The number of benzene rings is 1. The lowest BCUT2D eigenvalue weighted by atomic mass is 10.1. The molecule has 0 saturated carbocycles. The Kier molecular flexibility index (Phi) is 5.13. The van der Waals surface area contributed by atoms with E-state index in [2.05, 4.69) is 34.1 Å². The SMILES string of the molecule is Cc1cn2c(CC(=O)N(C)Cc3ccc(N4CCOCC4)cc3)csc2n1. The molecule has 1 amide bonds. The van der Waals surface area contributed by atoms with E-state index >= 15 is 0 Å². The zero-order chi connectivity index (χ0) is 18.8. The van der Waals surface area contributed by atoms with Gasteiger partial charge >= 0.3 is 0 Å². The van der Waals surface area contributed by atoms with Gasteiger partial charge in [-0.2, -0.15) is 0 Å². The molecule has 1 fully saturated rings. The third kappa shape index (κ3) is 3.99. The maximum Gasteiger partial charge on any atom is 0.228 e. The number of nitrogens with zero attached hydrogens (tertiary/aromatic N) is 4. The topological polar surface area (TPSA) is 50.1 Å². The van der Waals surface area contributed by atoms with Crippen LogP contribution in [0.1, 0.15) is 17.0 Å². The Hall–Kier alpha value is -2.38. The molecule has 6 nitrogen and oxygen atoms in total. The van der Waals surface area contributed by atoms with Crippen molar-refractivity contribution in [1.82, 2.24) is 14.3 Å². The van der Waals surface area contributed by atoms with E-state index in [0.29, 0.717) is 13.0 Å². The fourth-order valence-corrected chi connectivity index (χ4v) is 4.27. The predicted molar refractivity (Wildman–Crippen MR) is 107 cm³/mol. The number of imidazole rings is 1. The highest BCUT2D eigenvalue weighted by atomic mass is 32.1. The second-order valence-corrected chi connectivity index (χ2v) is 7.79. The minimum Gasteiger partial charge on any atom is -0.378 e. The molecule has 0 radical (unpaired) electrons.